The van der Waals surface area contributed by atoms with Crippen molar-refractivity contribution < 1.29 is 19.1 Å². The molecule has 2 heterocycles. The van der Waals surface area contributed by atoms with Gasteiger partial charge in [-0.05, 0) is 44.0 Å². The van der Waals surface area contributed by atoms with Crippen LogP contribution >= 0.6 is 0 Å². The third kappa shape index (κ3) is 4.72. The van der Waals surface area contributed by atoms with Gasteiger partial charge in [0, 0.05) is 17.8 Å². The van der Waals surface area contributed by atoms with Gasteiger partial charge in [-0.1, -0.05) is 18.1 Å². The van der Waals surface area contributed by atoms with E-state index in [1.54, 1.807) is 31.5 Å². The van der Waals surface area contributed by atoms with Crippen molar-refractivity contribution in [1.82, 2.24) is 19.9 Å². The second kappa shape index (κ2) is 9.22. The molecule has 2 amide bonds. The van der Waals surface area contributed by atoms with Gasteiger partial charge in [0.05, 0.1) is 26.5 Å². The van der Waals surface area contributed by atoms with Crippen LogP contribution in [0.5, 0.6) is 5.75 Å². The maximum absolute atomic E-state index is 13.2. The van der Waals surface area contributed by atoms with Crippen molar-refractivity contribution in [3.63, 3.8) is 0 Å². The molecule has 0 aliphatic heterocycles. The molecular formula is C22H27N5O4. The quantitative estimate of drug-likeness (QED) is 0.599. The molecule has 164 valence electrons. The van der Waals surface area contributed by atoms with Crippen LogP contribution in [0.2, 0.25) is 0 Å². The molecule has 31 heavy (non-hydrogen) atoms. The molecule has 0 saturated heterocycles. The van der Waals surface area contributed by atoms with Gasteiger partial charge in [0.1, 0.15) is 28.7 Å². The zero-order valence-electron chi connectivity index (χ0n) is 17.7. The molecule has 1 aliphatic carbocycles. The van der Waals surface area contributed by atoms with E-state index >= 15 is 0 Å². The number of hydrogen-bond donors (Lipinski definition) is 2. The number of rotatable bonds is 7. The maximum atomic E-state index is 13.2. The number of aliphatic hydroxyl groups excluding tert-OH is 1. The number of furan rings is 1. The van der Waals surface area contributed by atoms with E-state index in [0.29, 0.717) is 29.4 Å². The van der Waals surface area contributed by atoms with Gasteiger partial charge in [0.2, 0.25) is 0 Å². The Morgan fingerprint density at radius 3 is 2.77 bits per heavy atom. The summed E-state index contributed by atoms with van der Waals surface area (Å²) in [6.45, 7) is 2.14. The van der Waals surface area contributed by atoms with Crippen LogP contribution in [0.3, 0.4) is 0 Å². The number of methoxy groups -OCH3 is 1. The van der Waals surface area contributed by atoms with Crippen molar-refractivity contribution in [3.8, 4) is 11.4 Å². The number of ether oxygens (including phenoxy) is 1. The van der Waals surface area contributed by atoms with E-state index in [-0.39, 0.29) is 18.7 Å². The lowest BCUT2D eigenvalue weighted by atomic mass is 10.2. The molecule has 9 heteroatoms. The summed E-state index contributed by atoms with van der Waals surface area (Å²) < 4.78 is 12.7. The molecule has 1 saturated carbocycles. The van der Waals surface area contributed by atoms with Crippen LogP contribution in [0.25, 0.3) is 5.69 Å². The lowest BCUT2D eigenvalue weighted by molar-refractivity contribution is 0.178. The molecule has 1 fully saturated rings. The van der Waals surface area contributed by atoms with Crippen molar-refractivity contribution in [2.24, 2.45) is 0 Å². The van der Waals surface area contributed by atoms with Gasteiger partial charge in [0.15, 0.2) is 0 Å². The number of carbonyl (C=O) groups is 1. The molecule has 0 unspecified atom stereocenters. The third-order valence-corrected chi connectivity index (χ3v) is 5.53. The van der Waals surface area contributed by atoms with Gasteiger partial charge in [-0.15, -0.1) is 5.10 Å². The average molecular weight is 425 g/mol. The van der Waals surface area contributed by atoms with E-state index in [1.807, 2.05) is 24.0 Å². The Morgan fingerprint density at radius 2 is 2.13 bits per heavy atom. The van der Waals surface area contributed by atoms with Gasteiger partial charge in [0.25, 0.3) is 0 Å². The summed E-state index contributed by atoms with van der Waals surface area (Å²) in [5.74, 6) is 2.14. The molecule has 4 rings (SSSR count). The Kier molecular flexibility index (Phi) is 6.22. The zero-order valence-corrected chi connectivity index (χ0v) is 17.7. The highest BCUT2D eigenvalue weighted by atomic mass is 16.5. The minimum absolute atomic E-state index is 0.168. The van der Waals surface area contributed by atoms with Gasteiger partial charge < -0.3 is 24.5 Å². The van der Waals surface area contributed by atoms with Crippen molar-refractivity contribution in [3.05, 3.63) is 53.7 Å². The van der Waals surface area contributed by atoms with E-state index in [4.69, 9.17) is 9.15 Å². The van der Waals surface area contributed by atoms with Crippen LogP contribution < -0.4 is 10.1 Å². The average Bonchev–Trinajstić information content (AvgIpc) is 3.54. The molecule has 2 aromatic heterocycles. The fourth-order valence-corrected chi connectivity index (χ4v) is 3.95. The van der Waals surface area contributed by atoms with Crippen LogP contribution in [0.4, 0.5) is 10.5 Å². The summed E-state index contributed by atoms with van der Waals surface area (Å²) in [4.78, 5) is 15.0. The fraction of sp³-hybridized carbons (Fsp3) is 0.409. The number of benzene rings is 1. The van der Waals surface area contributed by atoms with Crippen LogP contribution in [0.15, 0.2) is 40.9 Å². The number of aromatic nitrogens is 3. The first-order valence-electron chi connectivity index (χ1n) is 10.4. The zero-order chi connectivity index (χ0) is 21.8. The summed E-state index contributed by atoms with van der Waals surface area (Å²) in [5, 5.41) is 20.1. The summed E-state index contributed by atoms with van der Waals surface area (Å²) >= 11 is 0. The summed E-state index contributed by atoms with van der Waals surface area (Å²) in [5.41, 5.74) is 1.73. The first-order chi connectivity index (χ1) is 15.1. The second-order valence-corrected chi connectivity index (χ2v) is 7.71. The number of hydrogen-bond acceptors (Lipinski definition) is 6. The molecule has 0 bridgehead atoms. The molecule has 1 aromatic carbocycles. The Hall–Kier alpha value is -3.33. The third-order valence-electron chi connectivity index (χ3n) is 5.53. The van der Waals surface area contributed by atoms with Crippen molar-refractivity contribution >= 4 is 11.7 Å². The number of nitrogens with one attached hydrogen (secondary N) is 1. The van der Waals surface area contributed by atoms with Gasteiger partial charge in [-0.25, -0.2) is 9.48 Å². The van der Waals surface area contributed by atoms with Crippen LogP contribution in [0.1, 0.15) is 42.9 Å². The minimum atomic E-state index is -0.192. The highest BCUT2D eigenvalue weighted by molar-refractivity contribution is 5.90. The Morgan fingerprint density at radius 1 is 1.32 bits per heavy atom. The number of aliphatic hydroxyl groups is 1. The molecule has 0 spiro atoms. The van der Waals surface area contributed by atoms with Gasteiger partial charge >= 0.3 is 6.03 Å². The van der Waals surface area contributed by atoms with Crippen LogP contribution in [-0.2, 0) is 13.2 Å². The molecule has 3 aromatic rings. The molecule has 1 aliphatic rings. The van der Waals surface area contributed by atoms with Crippen molar-refractivity contribution in [2.45, 2.75) is 51.8 Å². The normalized spacial score (nSPS) is 14.0. The molecular weight excluding hydrogens is 398 g/mol. The van der Waals surface area contributed by atoms with Crippen molar-refractivity contribution in [1.29, 1.82) is 0 Å². The molecule has 2 N–H and O–H groups in total. The molecule has 0 atom stereocenters. The Bertz CT molecular complexity index is 1040. The highest BCUT2D eigenvalue weighted by Gasteiger charge is 2.28. The van der Waals surface area contributed by atoms with E-state index in [2.05, 4.69) is 15.6 Å². The standard InChI is InChI=1S/C22H27N5O4/c1-15-7-9-19(31-15)13-26(18-5-3-4-6-18)22(29)23-16-8-10-20(21(11-16)30-2)27-12-17(14-28)24-25-27/h7-12,18,28H,3-6,13-14H2,1-2H3,(H,23,29). The second-order valence-electron chi connectivity index (χ2n) is 7.71. The number of nitrogens with zero attached hydrogens (tertiary/aromatic N) is 4. The topological polar surface area (TPSA) is 106 Å². The van der Waals surface area contributed by atoms with E-state index < -0.39 is 0 Å². The first-order valence-corrected chi connectivity index (χ1v) is 10.4. The minimum Gasteiger partial charge on any atom is -0.494 e. The lowest BCUT2D eigenvalue weighted by Gasteiger charge is -2.28. The number of anilines is 1. The highest BCUT2D eigenvalue weighted by Crippen LogP contribution is 2.29. The van der Waals surface area contributed by atoms with Crippen LogP contribution in [0, 0.1) is 6.92 Å². The predicted molar refractivity (Wildman–Crippen MR) is 114 cm³/mol. The molecule has 9 nitrogen and oxygen atoms in total. The van der Waals surface area contributed by atoms with Crippen molar-refractivity contribution in [2.75, 3.05) is 12.4 Å². The summed E-state index contributed by atoms with van der Waals surface area (Å²) in [7, 11) is 1.55. The van der Waals surface area contributed by atoms with E-state index in [1.165, 1.54) is 4.68 Å². The van der Waals surface area contributed by atoms with E-state index in [9.17, 15) is 9.90 Å². The largest absolute Gasteiger partial charge is 0.494 e. The smallest absolute Gasteiger partial charge is 0.322 e. The fourth-order valence-electron chi connectivity index (χ4n) is 3.95. The summed E-state index contributed by atoms with van der Waals surface area (Å²) in [6.07, 6.45) is 5.87. The predicted octanol–water partition coefficient (Wildman–Crippen LogP) is 3.65. The SMILES string of the molecule is COc1cc(NC(=O)N(Cc2ccc(C)o2)C2CCCC2)ccc1-n1cc(CO)nn1. The summed E-state index contributed by atoms with van der Waals surface area (Å²) in [6, 6.07) is 9.19. The molecule has 0 radical (unpaired) electrons. The van der Waals surface area contributed by atoms with E-state index in [0.717, 1.165) is 37.2 Å². The number of carbonyl (C=O) groups excluding carboxylic acids is 1. The monoisotopic (exact) mass is 425 g/mol. The van der Waals surface area contributed by atoms with Crippen LogP contribution in [-0.4, -0.2) is 44.2 Å². The lowest BCUT2D eigenvalue weighted by Crippen LogP contribution is -2.41. The number of aryl methyl sites for hydroxylation is 1. The van der Waals surface area contributed by atoms with Gasteiger partial charge in [-0.3, -0.25) is 0 Å². The Labute approximate surface area is 180 Å². The first kappa shape index (κ1) is 20.9. The van der Waals surface area contributed by atoms with Gasteiger partial charge in [-0.2, -0.15) is 0 Å². The number of amides is 2. The maximum Gasteiger partial charge on any atom is 0.322 e. The Balaban J connectivity index is 1.53. The number of urea groups is 1.